The Morgan fingerprint density at radius 1 is 1.42 bits per heavy atom. The van der Waals surface area contributed by atoms with E-state index in [4.69, 9.17) is 4.74 Å². The highest BCUT2D eigenvalue weighted by molar-refractivity contribution is 7.11. The van der Waals surface area contributed by atoms with Gasteiger partial charge in [-0.05, 0) is 44.3 Å². The van der Waals surface area contributed by atoms with Crippen molar-refractivity contribution < 1.29 is 4.74 Å². The minimum absolute atomic E-state index is 0.595. The maximum absolute atomic E-state index is 5.15. The summed E-state index contributed by atoms with van der Waals surface area (Å²) in [7, 11) is 1.74. The number of rotatable bonds is 4. The lowest BCUT2D eigenvalue weighted by Crippen LogP contribution is -2.38. The molecule has 4 nitrogen and oxygen atoms in total. The molecule has 5 heteroatoms. The number of hydrogen-bond acceptors (Lipinski definition) is 5. The molecule has 3 heterocycles. The monoisotopic (exact) mass is 281 g/mol. The number of methoxy groups -OCH3 is 1. The number of nitrogens with zero attached hydrogens (tertiary/aromatic N) is 2. The standard InChI is InChI=1S/C14H23N3OS/c1-18-10-12-8-16-13(19-12)9-17-7-4-14(11-17)2-5-15-6-3-14/h8,15H,2-7,9-11H2,1H3. The highest BCUT2D eigenvalue weighted by Crippen LogP contribution is 2.39. The molecule has 19 heavy (non-hydrogen) atoms. The molecule has 0 amide bonds. The zero-order valence-corrected chi connectivity index (χ0v) is 12.5. The molecule has 2 saturated heterocycles. The van der Waals surface area contributed by atoms with Crippen LogP contribution in [0.15, 0.2) is 6.20 Å². The van der Waals surface area contributed by atoms with E-state index in [9.17, 15) is 0 Å². The molecule has 1 N–H and O–H groups in total. The Labute approximate surface area is 119 Å². The fraction of sp³-hybridized carbons (Fsp3) is 0.786. The lowest BCUT2D eigenvalue weighted by molar-refractivity contribution is 0.187. The van der Waals surface area contributed by atoms with Crippen LogP contribution in [-0.2, 0) is 17.9 Å². The summed E-state index contributed by atoms with van der Waals surface area (Å²) in [6.45, 7) is 6.59. The summed E-state index contributed by atoms with van der Waals surface area (Å²) < 4.78 is 5.15. The van der Waals surface area contributed by atoms with Gasteiger partial charge in [-0.2, -0.15) is 0 Å². The van der Waals surface area contributed by atoms with Crippen molar-refractivity contribution in [2.24, 2.45) is 5.41 Å². The largest absolute Gasteiger partial charge is 0.379 e. The third-order valence-corrected chi connectivity index (χ3v) is 5.38. The second-order valence-corrected chi connectivity index (χ2v) is 7.06. The number of ether oxygens (including phenoxy) is 1. The summed E-state index contributed by atoms with van der Waals surface area (Å²) in [6, 6.07) is 0. The van der Waals surface area contributed by atoms with E-state index in [0.717, 1.165) is 6.54 Å². The van der Waals surface area contributed by atoms with Crippen LogP contribution >= 0.6 is 11.3 Å². The second kappa shape index (κ2) is 5.87. The topological polar surface area (TPSA) is 37.4 Å². The van der Waals surface area contributed by atoms with Gasteiger partial charge in [0.05, 0.1) is 18.0 Å². The minimum Gasteiger partial charge on any atom is -0.379 e. The maximum atomic E-state index is 5.15. The predicted octanol–water partition coefficient (Wildman–Crippen LogP) is 1.86. The number of hydrogen-bond donors (Lipinski definition) is 1. The van der Waals surface area contributed by atoms with Crippen molar-refractivity contribution in [3.05, 3.63) is 16.1 Å². The molecule has 2 aliphatic rings. The second-order valence-electron chi connectivity index (χ2n) is 5.86. The van der Waals surface area contributed by atoms with E-state index in [1.165, 1.54) is 55.3 Å². The average molecular weight is 281 g/mol. The molecule has 2 aliphatic heterocycles. The summed E-state index contributed by atoms with van der Waals surface area (Å²) in [4.78, 5) is 8.33. The van der Waals surface area contributed by atoms with Gasteiger partial charge in [-0.1, -0.05) is 0 Å². The Morgan fingerprint density at radius 3 is 3.05 bits per heavy atom. The molecule has 0 aromatic carbocycles. The molecular weight excluding hydrogens is 258 g/mol. The van der Waals surface area contributed by atoms with Crippen LogP contribution in [-0.4, -0.2) is 43.2 Å². The maximum Gasteiger partial charge on any atom is 0.107 e. The summed E-state index contributed by atoms with van der Waals surface area (Å²) >= 11 is 1.79. The average Bonchev–Trinajstić information content (AvgIpc) is 3.00. The van der Waals surface area contributed by atoms with Gasteiger partial charge in [0, 0.05) is 19.9 Å². The predicted molar refractivity (Wildman–Crippen MR) is 77.3 cm³/mol. The van der Waals surface area contributed by atoms with E-state index >= 15 is 0 Å². The lowest BCUT2D eigenvalue weighted by Gasteiger charge is -2.33. The van der Waals surface area contributed by atoms with Gasteiger partial charge in [0.25, 0.3) is 0 Å². The molecule has 0 atom stereocenters. The molecule has 0 aliphatic carbocycles. The van der Waals surface area contributed by atoms with E-state index < -0.39 is 0 Å². The van der Waals surface area contributed by atoms with Crippen LogP contribution in [0.2, 0.25) is 0 Å². The molecule has 0 bridgehead atoms. The van der Waals surface area contributed by atoms with Crippen molar-refractivity contribution in [1.29, 1.82) is 0 Å². The molecule has 1 aromatic heterocycles. The zero-order chi connectivity index (χ0) is 13.1. The highest BCUT2D eigenvalue weighted by Gasteiger charge is 2.38. The molecule has 1 aromatic rings. The third kappa shape index (κ3) is 3.16. The van der Waals surface area contributed by atoms with Gasteiger partial charge in [0.1, 0.15) is 5.01 Å². The third-order valence-electron chi connectivity index (χ3n) is 4.43. The van der Waals surface area contributed by atoms with Crippen molar-refractivity contribution >= 4 is 11.3 Å². The molecule has 106 valence electrons. The molecule has 0 radical (unpaired) electrons. The fourth-order valence-corrected chi connectivity index (χ4v) is 4.29. The molecule has 0 saturated carbocycles. The van der Waals surface area contributed by atoms with Crippen LogP contribution in [0.5, 0.6) is 0 Å². The Balaban J connectivity index is 1.55. The van der Waals surface area contributed by atoms with Crippen LogP contribution < -0.4 is 5.32 Å². The quantitative estimate of drug-likeness (QED) is 0.914. The lowest BCUT2D eigenvalue weighted by atomic mass is 9.78. The van der Waals surface area contributed by atoms with Gasteiger partial charge in [-0.3, -0.25) is 4.90 Å². The SMILES string of the molecule is COCc1cnc(CN2CCC3(CCNCC3)C2)s1. The Morgan fingerprint density at radius 2 is 2.26 bits per heavy atom. The van der Waals surface area contributed by atoms with Gasteiger partial charge in [0.2, 0.25) is 0 Å². The highest BCUT2D eigenvalue weighted by atomic mass is 32.1. The van der Waals surface area contributed by atoms with Crippen molar-refractivity contribution in [3.63, 3.8) is 0 Å². The number of thiazole rings is 1. The molecule has 1 spiro atoms. The van der Waals surface area contributed by atoms with E-state index in [2.05, 4.69) is 15.2 Å². The molecule has 2 fully saturated rings. The summed E-state index contributed by atoms with van der Waals surface area (Å²) in [5.41, 5.74) is 0.595. The van der Waals surface area contributed by atoms with Gasteiger partial charge < -0.3 is 10.1 Å². The Bertz CT molecular complexity index is 415. The van der Waals surface area contributed by atoms with Gasteiger partial charge in [-0.15, -0.1) is 11.3 Å². The van der Waals surface area contributed by atoms with Crippen molar-refractivity contribution in [1.82, 2.24) is 15.2 Å². The zero-order valence-electron chi connectivity index (χ0n) is 11.7. The van der Waals surface area contributed by atoms with Crippen molar-refractivity contribution in [2.45, 2.75) is 32.4 Å². The van der Waals surface area contributed by atoms with Crippen molar-refractivity contribution in [2.75, 3.05) is 33.3 Å². The first kappa shape index (κ1) is 13.5. The summed E-state index contributed by atoms with van der Waals surface area (Å²) in [5, 5.41) is 4.71. The Kier molecular flexibility index (Phi) is 4.17. The Hall–Kier alpha value is -0.490. The number of aromatic nitrogens is 1. The first-order valence-electron chi connectivity index (χ1n) is 7.15. The van der Waals surface area contributed by atoms with Crippen LogP contribution in [0.1, 0.15) is 29.1 Å². The molecule has 3 rings (SSSR count). The first-order valence-corrected chi connectivity index (χ1v) is 7.97. The summed E-state index contributed by atoms with van der Waals surface area (Å²) in [6.07, 6.45) is 6.01. The van der Waals surface area contributed by atoms with E-state index in [-0.39, 0.29) is 0 Å². The normalized spacial score (nSPS) is 23.2. The van der Waals surface area contributed by atoms with Gasteiger partial charge in [-0.25, -0.2) is 4.98 Å². The van der Waals surface area contributed by atoms with E-state index in [1.807, 2.05) is 6.20 Å². The van der Waals surface area contributed by atoms with E-state index in [0.29, 0.717) is 12.0 Å². The van der Waals surface area contributed by atoms with Crippen LogP contribution in [0.4, 0.5) is 0 Å². The van der Waals surface area contributed by atoms with Gasteiger partial charge in [0.15, 0.2) is 0 Å². The van der Waals surface area contributed by atoms with Crippen molar-refractivity contribution in [3.8, 4) is 0 Å². The fourth-order valence-electron chi connectivity index (χ4n) is 3.35. The van der Waals surface area contributed by atoms with Crippen LogP contribution in [0.25, 0.3) is 0 Å². The van der Waals surface area contributed by atoms with Crippen LogP contribution in [0.3, 0.4) is 0 Å². The van der Waals surface area contributed by atoms with Crippen LogP contribution in [0, 0.1) is 5.41 Å². The number of nitrogens with one attached hydrogen (secondary N) is 1. The molecule has 0 unspecified atom stereocenters. The molecular formula is C14H23N3OS. The first-order chi connectivity index (χ1) is 9.30. The van der Waals surface area contributed by atoms with Gasteiger partial charge >= 0.3 is 0 Å². The summed E-state index contributed by atoms with van der Waals surface area (Å²) in [5.74, 6) is 0. The minimum atomic E-state index is 0.595. The number of piperidine rings is 1. The smallest absolute Gasteiger partial charge is 0.107 e. The number of likely N-dealkylation sites (tertiary alicyclic amines) is 1. The van der Waals surface area contributed by atoms with E-state index in [1.54, 1.807) is 18.4 Å².